The zero-order chi connectivity index (χ0) is 21.6. The van der Waals surface area contributed by atoms with Gasteiger partial charge in [-0.1, -0.05) is 25.1 Å². The molecule has 0 atom stereocenters. The normalized spacial score (nSPS) is 18.7. The Kier molecular flexibility index (Phi) is 5.39. The van der Waals surface area contributed by atoms with Crippen molar-refractivity contribution >= 4 is 11.6 Å². The predicted octanol–water partition coefficient (Wildman–Crippen LogP) is 4.87. The number of methoxy groups -OCH3 is 1. The highest BCUT2D eigenvalue weighted by molar-refractivity contribution is 6.15. The zero-order valence-corrected chi connectivity index (χ0v) is 17.8. The highest BCUT2D eigenvalue weighted by Gasteiger charge is 2.53. The molecular weight excluding hydrogens is 371 g/mol. The molecule has 29 heavy (non-hydrogen) atoms. The summed E-state index contributed by atoms with van der Waals surface area (Å²) in [6.07, 6.45) is 0.644. The molecule has 0 unspecified atom stereocenters. The molecule has 0 amide bonds. The van der Waals surface area contributed by atoms with Crippen LogP contribution >= 0.6 is 0 Å². The van der Waals surface area contributed by atoms with Crippen LogP contribution in [0.25, 0.3) is 11.1 Å². The highest BCUT2D eigenvalue weighted by Crippen LogP contribution is 2.41. The third-order valence-electron chi connectivity index (χ3n) is 5.53. The lowest BCUT2D eigenvalue weighted by Gasteiger charge is -2.43. The van der Waals surface area contributed by atoms with Crippen molar-refractivity contribution in [2.24, 2.45) is 0 Å². The first-order valence-corrected chi connectivity index (χ1v) is 9.77. The molecule has 5 heteroatoms. The Bertz CT molecular complexity index is 949. The maximum atomic E-state index is 13.6. The summed E-state index contributed by atoms with van der Waals surface area (Å²) in [5, 5.41) is 0. The van der Waals surface area contributed by atoms with Gasteiger partial charge < -0.3 is 9.47 Å². The summed E-state index contributed by atoms with van der Waals surface area (Å²) >= 11 is 0. The standard InChI is InChI=1S/C24H27FO4/c1-7-14-12-15(17-11-9-16(25)13-19(17)28-6)8-10-18(14)20-21(26)23(2,3)29-24(4,5)22(20)27/h8-13,20H,7H2,1-6H3. The lowest BCUT2D eigenvalue weighted by molar-refractivity contribution is -0.184. The third kappa shape index (κ3) is 3.71. The van der Waals surface area contributed by atoms with E-state index in [-0.39, 0.29) is 17.4 Å². The molecule has 0 N–H and O–H groups in total. The fourth-order valence-electron chi connectivity index (χ4n) is 4.10. The fourth-order valence-corrected chi connectivity index (χ4v) is 4.10. The first-order valence-electron chi connectivity index (χ1n) is 9.77. The minimum Gasteiger partial charge on any atom is -0.496 e. The molecule has 1 aliphatic rings. The number of carbonyl (C=O) groups excluding carboxylic acids is 2. The number of benzene rings is 2. The minimum absolute atomic E-state index is 0.233. The van der Waals surface area contributed by atoms with Crippen LogP contribution in [0.4, 0.5) is 4.39 Å². The summed E-state index contributed by atoms with van der Waals surface area (Å²) in [4.78, 5) is 26.2. The first-order chi connectivity index (χ1) is 13.5. The summed E-state index contributed by atoms with van der Waals surface area (Å²) in [7, 11) is 1.50. The van der Waals surface area contributed by atoms with Gasteiger partial charge in [0.05, 0.1) is 7.11 Å². The summed E-state index contributed by atoms with van der Waals surface area (Å²) in [5.74, 6) is -1.28. The summed E-state index contributed by atoms with van der Waals surface area (Å²) in [6, 6.07) is 10.0. The van der Waals surface area contributed by atoms with E-state index in [1.165, 1.54) is 19.2 Å². The number of rotatable bonds is 4. The number of hydrogen-bond acceptors (Lipinski definition) is 4. The Morgan fingerprint density at radius 1 is 1.00 bits per heavy atom. The van der Waals surface area contributed by atoms with Crippen LogP contribution in [0.1, 0.15) is 51.7 Å². The van der Waals surface area contributed by atoms with Crippen molar-refractivity contribution in [3.05, 3.63) is 53.3 Å². The van der Waals surface area contributed by atoms with Gasteiger partial charge in [0, 0.05) is 11.6 Å². The van der Waals surface area contributed by atoms with Crippen LogP contribution in [-0.4, -0.2) is 29.9 Å². The maximum Gasteiger partial charge on any atom is 0.179 e. The maximum absolute atomic E-state index is 13.6. The number of carbonyl (C=O) groups is 2. The van der Waals surface area contributed by atoms with Crippen molar-refractivity contribution in [2.75, 3.05) is 7.11 Å². The molecule has 1 heterocycles. The number of ketones is 2. The van der Waals surface area contributed by atoms with E-state index in [1.54, 1.807) is 33.8 Å². The van der Waals surface area contributed by atoms with Gasteiger partial charge in [0.2, 0.25) is 0 Å². The van der Waals surface area contributed by atoms with Crippen LogP contribution in [0.2, 0.25) is 0 Å². The molecule has 1 fully saturated rings. The number of Topliss-reactive ketones (excluding diaryl/α,β-unsaturated/α-hetero) is 2. The van der Waals surface area contributed by atoms with E-state index in [0.29, 0.717) is 17.7 Å². The average molecular weight is 398 g/mol. The first kappa shape index (κ1) is 21.2. The lowest BCUT2D eigenvalue weighted by Crippen LogP contribution is -2.58. The predicted molar refractivity (Wildman–Crippen MR) is 110 cm³/mol. The number of hydrogen-bond donors (Lipinski definition) is 0. The Morgan fingerprint density at radius 3 is 2.17 bits per heavy atom. The van der Waals surface area contributed by atoms with Crippen molar-refractivity contribution in [1.82, 2.24) is 0 Å². The second-order valence-electron chi connectivity index (χ2n) is 8.40. The molecule has 1 aliphatic heterocycles. The molecule has 0 aromatic heterocycles. The van der Waals surface area contributed by atoms with Crippen LogP contribution in [0.5, 0.6) is 5.75 Å². The van der Waals surface area contributed by atoms with E-state index in [1.807, 2.05) is 25.1 Å². The lowest BCUT2D eigenvalue weighted by atomic mass is 9.73. The molecule has 1 saturated heterocycles. The van der Waals surface area contributed by atoms with Crippen LogP contribution in [-0.2, 0) is 20.7 Å². The molecule has 0 aliphatic carbocycles. The summed E-state index contributed by atoms with van der Waals surface area (Å²) in [5.41, 5.74) is 1.09. The molecule has 2 aromatic carbocycles. The Hall–Kier alpha value is -2.53. The van der Waals surface area contributed by atoms with Crippen molar-refractivity contribution in [2.45, 2.75) is 58.2 Å². The van der Waals surface area contributed by atoms with Gasteiger partial charge in [0.15, 0.2) is 11.6 Å². The molecule has 2 aromatic rings. The van der Waals surface area contributed by atoms with E-state index >= 15 is 0 Å². The average Bonchev–Trinajstić information content (AvgIpc) is 2.66. The molecule has 4 nitrogen and oxygen atoms in total. The van der Waals surface area contributed by atoms with Gasteiger partial charge in [-0.15, -0.1) is 0 Å². The van der Waals surface area contributed by atoms with Crippen molar-refractivity contribution < 1.29 is 23.5 Å². The number of aryl methyl sites for hydroxylation is 1. The smallest absolute Gasteiger partial charge is 0.179 e. The highest BCUT2D eigenvalue weighted by atomic mass is 19.1. The quantitative estimate of drug-likeness (QED) is 0.690. The second-order valence-corrected chi connectivity index (χ2v) is 8.40. The molecular formula is C24H27FO4. The molecule has 0 bridgehead atoms. The topological polar surface area (TPSA) is 52.6 Å². The molecule has 3 rings (SSSR count). The zero-order valence-electron chi connectivity index (χ0n) is 17.8. The van der Waals surface area contributed by atoms with Gasteiger partial charge in [-0.2, -0.15) is 0 Å². The molecule has 0 radical (unpaired) electrons. The largest absolute Gasteiger partial charge is 0.496 e. The van der Waals surface area contributed by atoms with Gasteiger partial charge in [-0.25, -0.2) is 4.39 Å². The van der Waals surface area contributed by atoms with Crippen LogP contribution in [0, 0.1) is 5.82 Å². The van der Waals surface area contributed by atoms with E-state index < -0.39 is 17.1 Å². The van der Waals surface area contributed by atoms with Crippen LogP contribution < -0.4 is 4.74 Å². The third-order valence-corrected chi connectivity index (χ3v) is 5.53. The molecule has 154 valence electrons. The van der Waals surface area contributed by atoms with Crippen LogP contribution in [0.15, 0.2) is 36.4 Å². The van der Waals surface area contributed by atoms with E-state index in [0.717, 1.165) is 16.7 Å². The van der Waals surface area contributed by atoms with E-state index in [4.69, 9.17) is 9.47 Å². The Balaban J connectivity index is 2.12. The van der Waals surface area contributed by atoms with Crippen molar-refractivity contribution in [3.8, 4) is 16.9 Å². The number of ether oxygens (including phenoxy) is 2. The fraction of sp³-hybridized carbons (Fsp3) is 0.417. The molecule has 0 saturated carbocycles. The summed E-state index contributed by atoms with van der Waals surface area (Å²) in [6.45, 7) is 8.81. The van der Waals surface area contributed by atoms with Gasteiger partial charge in [-0.3, -0.25) is 9.59 Å². The van der Waals surface area contributed by atoms with Crippen LogP contribution in [0.3, 0.4) is 0 Å². The van der Waals surface area contributed by atoms with Gasteiger partial charge in [0.25, 0.3) is 0 Å². The van der Waals surface area contributed by atoms with Crippen molar-refractivity contribution in [3.63, 3.8) is 0 Å². The van der Waals surface area contributed by atoms with Gasteiger partial charge >= 0.3 is 0 Å². The Labute approximate surface area is 171 Å². The monoisotopic (exact) mass is 398 g/mol. The van der Waals surface area contributed by atoms with E-state index in [9.17, 15) is 14.0 Å². The summed E-state index contributed by atoms with van der Waals surface area (Å²) < 4.78 is 24.7. The minimum atomic E-state index is -1.05. The molecule has 0 spiro atoms. The number of halogens is 1. The van der Waals surface area contributed by atoms with E-state index in [2.05, 4.69) is 0 Å². The van der Waals surface area contributed by atoms with Crippen molar-refractivity contribution in [1.29, 1.82) is 0 Å². The van der Waals surface area contributed by atoms with Gasteiger partial charge in [-0.05, 0) is 62.9 Å². The Morgan fingerprint density at radius 2 is 1.62 bits per heavy atom. The van der Waals surface area contributed by atoms with Gasteiger partial charge in [0.1, 0.15) is 28.7 Å². The second kappa shape index (κ2) is 7.38. The SMILES string of the molecule is CCc1cc(-c2ccc(F)cc2OC)ccc1C1C(=O)C(C)(C)OC(C)(C)C1=O.